The van der Waals surface area contributed by atoms with Gasteiger partial charge in [0.25, 0.3) is 0 Å². The van der Waals surface area contributed by atoms with Crippen LogP contribution < -0.4 is 5.73 Å². The van der Waals surface area contributed by atoms with Gasteiger partial charge in [0.2, 0.25) is 11.4 Å². The average Bonchev–Trinajstić information content (AvgIpc) is 2.81. The van der Waals surface area contributed by atoms with Gasteiger partial charge in [-0.3, -0.25) is 9.59 Å². The molecule has 1 fully saturated rings. The lowest BCUT2D eigenvalue weighted by atomic mass is 9.86. The zero-order valence-electron chi connectivity index (χ0n) is 11.1. The molecule has 0 aliphatic carbocycles. The van der Waals surface area contributed by atoms with Crippen LogP contribution >= 0.6 is 12.6 Å². The number of nitrogens with zero attached hydrogens (tertiary/aromatic N) is 1. The third-order valence-corrected chi connectivity index (χ3v) is 4.07. The van der Waals surface area contributed by atoms with Crippen molar-refractivity contribution in [1.82, 2.24) is 4.90 Å². The molecule has 0 radical (unpaired) electrons. The maximum Gasteiger partial charge on any atom is 0.337 e. The van der Waals surface area contributed by atoms with Gasteiger partial charge in [-0.15, -0.1) is 0 Å². The zero-order chi connectivity index (χ0) is 14.8. The number of thiol groups is 1. The van der Waals surface area contributed by atoms with Crippen LogP contribution in [0.4, 0.5) is 0 Å². The van der Waals surface area contributed by atoms with Gasteiger partial charge in [-0.25, -0.2) is 4.79 Å². The molecule has 1 amide bonds. The zero-order valence-corrected chi connectivity index (χ0v) is 12.0. The minimum absolute atomic E-state index is 0.119. The SMILES string of the molecule is CC(CS)C(=O)N1CCC[C@@]1(C(=O)O)C(=O)[C@H](C)N. The van der Waals surface area contributed by atoms with E-state index in [9.17, 15) is 19.5 Å². The van der Waals surface area contributed by atoms with Gasteiger partial charge in [0.15, 0.2) is 5.78 Å². The van der Waals surface area contributed by atoms with E-state index >= 15 is 0 Å². The van der Waals surface area contributed by atoms with Crippen LogP contribution in [-0.2, 0) is 14.4 Å². The Morgan fingerprint density at radius 3 is 2.42 bits per heavy atom. The van der Waals surface area contributed by atoms with E-state index in [4.69, 9.17) is 5.73 Å². The van der Waals surface area contributed by atoms with Crippen LogP contribution in [0.25, 0.3) is 0 Å². The Balaban J connectivity index is 3.19. The van der Waals surface area contributed by atoms with Crippen molar-refractivity contribution in [3.63, 3.8) is 0 Å². The van der Waals surface area contributed by atoms with Crippen LogP contribution in [0.2, 0.25) is 0 Å². The number of likely N-dealkylation sites (tertiary alicyclic amines) is 1. The van der Waals surface area contributed by atoms with Crippen molar-refractivity contribution in [1.29, 1.82) is 0 Å². The standard InChI is InChI=1S/C12H20N2O4S/c1-7(6-19)10(16)14-5-3-4-12(14,11(17)18)9(15)8(2)13/h7-8,19H,3-6,13H2,1-2H3,(H,17,18)/t7?,8-,12-/m0/s1. The maximum absolute atomic E-state index is 12.2. The van der Waals surface area contributed by atoms with Gasteiger partial charge in [0.1, 0.15) is 0 Å². The van der Waals surface area contributed by atoms with E-state index in [2.05, 4.69) is 12.6 Å². The van der Waals surface area contributed by atoms with E-state index in [1.54, 1.807) is 6.92 Å². The molecule has 0 saturated carbocycles. The van der Waals surface area contributed by atoms with E-state index in [1.165, 1.54) is 11.8 Å². The lowest BCUT2D eigenvalue weighted by molar-refractivity contribution is -0.163. The molecule has 108 valence electrons. The van der Waals surface area contributed by atoms with Crippen molar-refractivity contribution >= 4 is 30.3 Å². The number of carboxylic acid groups (broad SMARTS) is 1. The minimum Gasteiger partial charge on any atom is -0.479 e. The van der Waals surface area contributed by atoms with Crippen LogP contribution in [0.5, 0.6) is 0 Å². The molecule has 0 aromatic rings. The number of nitrogens with two attached hydrogens (primary N) is 1. The molecule has 7 heteroatoms. The van der Waals surface area contributed by atoms with E-state index in [0.717, 1.165) is 0 Å². The highest BCUT2D eigenvalue weighted by Gasteiger charge is 2.56. The Morgan fingerprint density at radius 1 is 1.42 bits per heavy atom. The topological polar surface area (TPSA) is 101 Å². The van der Waals surface area contributed by atoms with Crippen LogP contribution in [0, 0.1) is 5.92 Å². The molecule has 0 aromatic heterocycles. The van der Waals surface area contributed by atoms with Gasteiger partial charge in [0, 0.05) is 18.2 Å². The highest BCUT2D eigenvalue weighted by atomic mass is 32.1. The second-order valence-electron chi connectivity index (χ2n) is 5.00. The summed E-state index contributed by atoms with van der Waals surface area (Å²) in [5.41, 5.74) is 3.74. The van der Waals surface area contributed by atoms with Crippen molar-refractivity contribution in [2.45, 2.75) is 38.3 Å². The van der Waals surface area contributed by atoms with Crippen molar-refractivity contribution in [2.75, 3.05) is 12.3 Å². The molecular weight excluding hydrogens is 268 g/mol. The first-order valence-electron chi connectivity index (χ1n) is 6.24. The minimum atomic E-state index is -1.80. The predicted octanol–water partition coefficient (Wildman–Crippen LogP) is -0.0856. The summed E-state index contributed by atoms with van der Waals surface area (Å²) in [5, 5.41) is 9.47. The van der Waals surface area contributed by atoms with Crippen LogP contribution in [-0.4, -0.2) is 51.5 Å². The van der Waals surface area contributed by atoms with Crippen molar-refractivity contribution in [3.8, 4) is 0 Å². The van der Waals surface area contributed by atoms with Gasteiger partial charge >= 0.3 is 5.97 Å². The van der Waals surface area contributed by atoms with E-state index in [-0.39, 0.29) is 18.9 Å². The van der Waals surface area contributed by atoms with Gasteiger partial charge < -0.3 is 15.7 Å². The molecule has 19 heavy (non-hydrogen) atoms. The van der Waals surface area contributed by atoms with Crippen molar-refractivity contribution in [2.24, 2.45) is 11.7 Å². The van der Waals surface area contributed by atoms with Crippen LogP contribution in [0.3, 0.4) is 0 Å². The van der Waals surface area contributed by atoms with Gasteiger partial charge in [0.05, 0.1) is 6.04 Å². The van der Waals surface area contributed by atoms with Gasteiger partial charge in [-0.05, 0) is 19.8 Å². The molecule has 0 spiro atoms. The fourth-order valence-corrected chi connectivity index (χ4v) is 2.58. The molecule has 1 saturated heterocycles. The number of Topliss-reactive ketones (excluding diaryl/α,β-unsaturated/α-hetero) is 1. The molecule has 1 heterocycles. The quantitative estimate of drug-likeness (QED) is 0.485. The average molecular weight is 288 g/mol. The second kappa shape index (κ2) is 5.92. The summed E-state index contributed by atoms with van der Waals surface area (Å²) < 4.78 is 0. The summed E-state index contributed by atoms with van der Waals surface area (Å²) in [7, 11) is 0. The van der Waals surface area contributed by atoms with Gasteiger partial charge in [-0.1, -0.05) is 6.92 Å². The lowest BCUT2D eigenvalue weighted by Gasteiger charge is -2.35. The molecule has 1 rings (SSSR count). The summed E-state index contributed by atoms with van der Waals surface area (Å²) in [6.07, 6.45) is 0.601. The Kier molecular flexibility index (Phi) is 4.98. The third kappa shape index (κ3) is 2.62. The fourth-order valence-electron chi connectivity index (χ4n) is 2.42. The van der Waals surface area contributed by atoms with Crippen molar-refractivity contribution in [3.05, 3.63) is 0 Å². The lowest BCUT2D eigenvalue weighted by Crippen LogP contribution is -2.63. The third-order valence-electron chi connectivity index (χ3n) is 3.52. The Morgan fingerprint density at radius 2 is 2.00 bits per heavy atom. The number of carbonyl (C=O) groups is 3. The van der Waals surface area contributed by atoms with Crippen LogP contribution in [0.1, 0.15) is 26.7 Å². The first-order valence-corrected chi connectivity index (χ1v) is 6.88. The number of hydrogen-bond acceptors (Lipinski definition) is 5. The predicted molar refractivity (Wildman–Crippen MR) is 73.0 cm³/mol. The molecule has 6 nitrogen and oxygen atoms in total. The van der Waals surface area contributed by atoms with Crippen LogP contribution in [0.15, 0.2) is 0 Å². The smallest absolute Gasteiger partial charge is 0.337 e. The highest BCUT2D eigenvalue weighted by molar-refractivity contribution is 7.80. The summed E-state index contributed by atoms with van der Waals surface area (Å²) in [6, 6.07) is -0.921. The first kappa shape index (κ1) is 16.0. The molecule has 1 aliphatic rings. The highest BCUT2D eigenvalue weighted by Crippen LogP contribution is 2.33. The number of rotatable bonds is 5. The number of aliphatic carboxylic acids is 1. The van der Waals surface area contributed by atoms with E-state index in [0.29, 0.717) is 12.2 Å². The van der Waals surface area contributed by atoms with E-state index in [1.807, 2.05) is 0 Å². The summed E-state index contributed by atoms with van der Waals surface area (Å²) >= 11 is 4.04. The Hall–Kier alpha value is -1.08. The number of carboxylic acids is 1. The number of ketones is 1. The Bertz CT molecular complexity index is 399. The van der Waals surface area contributed by atoms with Crippen molar-refractivity contribution < 1.29 is 19.5 Å². The molecule has 3 atom stereocenters. The van der Waals surface area contributed by atoms with E-state index < -0.39 is 29.3 Å². The number of amides is 1. The molecule has 0 bridgehead atoms. The molecular formula is C12H20N2O4S. The summed E-state index contributed by atoms with van der Waals surface area (Å²) in [4.78, 5) is 37.2. The number of carbonyl (C=O) groups excluding carboxylic acids is 2. The molecule has 1 unspecified atom stereocenters. The Labute approximate surface area is 117 Å². The molecule has 3 N–H and O–H groups in total. The second-order valence-corrected chi connectivity index (χ2v) is 5.36. The fraction of sp³-hybridized carbons (Fsp3) is 0.750. The molecule has 1 aliphatic heterocycles. The normalized spacial score (nSPS) is 26.0. The summed E-state index contributed by atoms with van der Waals surface area (Å²) in [5.74, 6) is -2.40. The van der Waals surface area contributed by atoms with Gasteiger partial charge in [-0.2, -0.15) is 12.6 Å². The molecule has 0 aromatic carbocycles. The number of hydrogen-bond donors (Lipinski definition) is 3. The summed E-state index contributed by atoms with van der Waals surface area (Å²) in [6.45, 7) is 3.37. The monoisotopic (exact) mass is 288 g/mol. The maximum atomic E-state index is 12.2. The largest absolute Gasteiger partial charge is 0.479 e. The first-order chi connectivity index (χ1) is 8.78.